The molecule has 0 atom stereocenters. The molecule has 0 aliphatic rings. The number of nitrogen functional groups attached to an aromatic ring is 1. The average Bonchev–Trinajstić information content (AvgIpc) is 2.36. The topological polar surface area (TPSA) is 100 Å². The summed E-state index contributed by atoms with van der Waals surface area (Å²) < 4.78 is 0.944. The summed E-state index contributed by atoms with van der Waals surface area (Å²) in [5.41, 5.74) is 7.50. The number of carboxylic acid groups (broad SMARTS) is 1. The van der Waals surface area contributed by atoms with Gasteiger partial charge in [-0.15, -0.1) is 0 Å². The van der Waals surface area contributed by atoms with E-state index in [1.807, 2.05) is 18.2 Å². The normalized spacial score (nSPS) is 10.4. The van der Waals surface area contributed by atoms with Crippen LogP contribution in [-0.4, -0.2) is 29.3 Å². The molecule has 6 nitrogen and oxygen atoms in total. The van der Waals surface area contributed by atoms with Crippen LogP contribution in [0.5, 0.6) is 0 Å². The molecule has 1 amide bonds. The molecule has 0 aliphatic carbocycles. The number of anilines is 2. The van der Waals surface area contributed by atoms with Crippen LogP contribution in [0, 0.1) is 0 Å². The molecule has 1 heterocycles. The van der Waals surface area contributed by atoms with E-state index in [1.165, 1.54) is 0 Å². The fourth-order valence-electron chi connectivity index (χ4n) is 1.88. The van der Waals surface area contributed by atoms with Crippen molar-refractivity contribution >= 4 is 44.4 Å². The Bertz CT molecular complexity index is 628. The molecule has 2 rings (SSSR count). The summed E-state index contributed by atoms with van der Waals surface area (Å²) in [6, 6.07) is 7.59. The lowest BCUT2D eigenvalue weighted by atomic mass is 10.2. The van der Waals surface area contributed by atoms with E-state index in [0.717, 1.165) is 21.1 Å². The Morgan fingerprint density at radius 1 is 1.35 bits per heavy atom. The van der Waals surface area contributed by atoms with Crippen LogP contribution < -0.4 is 16.4 Å². The third-order valence-corrected chi connectivity index (χ3v) is 3.23. The van der Waals surface area contributed by atoms with Crippen LogP contribution in [0.15, 0.2) is 28.7 Å². The van der Waals surface area contributed by atoms with Gasteiger partial charge in [0.2, 0.25) is 0 Å². The Kier molecular flexibility index (Phi) is 4.62. The molecule has 0 radical (unpaired) electrons. The first-order valence-electron chi connectivity index (χ1n) is 6.13. The zero-order valence-electron chi connectivity index (χ0n) is 10.7. The second kappa shape index (κ2) is 6.42. The van der Waals surface area contributed by atoms with E-state index in [0.29, 0.717) is 25.3 Å². The van der Waals surface area contributed by atoms with Crippen molar-refractivity contribution in [1.82, 2.24) is 10.3 Å². The maximum Gasteiger partial charge on any atom is 0.404 e. The fourth-order valence-corrected chi connectivity index (χ4v) is 2.22. The highest BCUT2D eigenvalue weighted by molar-refractivity contribution is 9.10. The van der Waals surface area contributed by atoms with Crippen LogP contribution in [-0.2, 0) is 0 Å². The number of pyridine rings is 1. The van der Waals surface area contributed by atoms with Crippen LogP contribution in [0.4, 0.5) is 16.3 Å². The third kappa shape index (κ3) is 3.74. The summed E-state index contributed by atoms with van der Waals surface area (Å²) in [4.78, 5) is 14.6. The zero-order valence-corrected chi connectivity index (χ0v) is 12.3. The Morgan fingerprint density at radius 3 is 2.90 bits per heavy atom. The minimum absolute atomic E-state index is 0.409. The minimum atomic E-state index is -1.01. The molecule has 0 aliphatic heterocycles. The SMILES string of the molecule is Nc1cc(NCCCNC(=O)O)c2ccc(Br)cc2n1. The summed E-state index contributed by atoms with van der Waals surface area (Å²) in [6.45, 7) is 1.06. The van der Waals surface area contributed by atoms with Crippen molar-refractivity contribution in [3.8, 4) is 0 Å². The van der Waals surface area contributed by atoms with E-state index in [4.69, 9.17) is 10.8 Å². The second-order valence-electron chi connectivity index (χ2n) is 4.27. The smallest absolute Gasteiger partial charge is 0.404 e. The Labute approximate surface area is 124 Å². The summed E-state index contributed by atoms with van der Waals surface area (Å²) >= 11 is 3.40. The number of hydrogen-bond acceptors (Lipinski definition) is 4. The summed E-state index contributed by atoms with van der Waals surface area (Å²) in [7, 11) is 0. The highest BCUT2D eigenvalue weighted by Gasteiger charge is 2.04. The van der Waals surface area contributed by atoms with Crippen molar-refractivity contribution in [3.05, 3.63) is 28.7 Å². The zero-order chi connectivity index (χ0) is 14.5. The van der Waals surface area contributed by atoms with Crippen molar-refractivity contribution in [3.63, 3.8) is 0 Å². The van der Waals surface area contributed by atoms with E-state index >= 15 is 0 Å². The number of hydrogen-bond donors (Lipinski definition) is 4. The third-order valence-electron chi connectivity index (χ3n) is 2.74. The molecule has 0 unspecified atom stereocenters. The summed E-state index contributed by atoms with van der Waals surface area (Å²) in [6.07, 6.45) is -0.319. The van der Waals surface area contributed by atoms with Crippen LogP contribution in [0.1, 0.15) is 6.42 Å². The maximum atomic E-state index is 10.3. The van der Waals surface area contributed by atoms with Gasteiger partial charge in [0, 0.05) is 34.7 Å². The van der Waals surface area contributed by atoms with Gasteiger partial charge < -0.3 is 21.5 Å². The molecule has 106 valence electrons. The van der Waals surface area contributed by atoms with E-state index in [2.05, 4.69) is 31.5 Å². The molecule has 20 heavy (non-hydrogen) atoms. The Balaban J connectivity index is 2.07. The Hall–Kier alpha value is -2.02. The van der Waals surface area contributed by atoms with E-state index in [1.54, 1.807) is 6.07 Å². The van der Waals surface area contributed by atoms with Gasteiger partial charge in [0.25, 0.3) is 0 Å². The fraction of sp³-hybridized carbons (Fsp3) is 0.231. The molecular formula is C13H15BrN4O2. The molecule has 0 fully saturated rings. The van der Waals surface area contributed by atoms with Crippen molar-refractivity contribution in [2.75, 3.05) is 24.1 Å². The number of amides is 1. The molecule has 2 aromatic rings. The molecular weight excluding hydrogens is 324 g/mol. The van der Waals surface area contributed by atoms with Gasteiger partial charge in [-0.3, -0.25) is 0 Å². The van der Waals surface area contributed by atoms with Gasteiger partial charge in [0.1, 0.15) is 5.82 Å². The van der Waals surface area contributed by atoms with Crippen molar-refractivity contribution in [1.29, 1.82) is 0 Å². The predicted octanol–water partition coefficient (Wildman–Crippen LogP) is 2.65. The van der Waals surface area contributed by atoms with Gasteiger partial charge in [-0.05, 0) is 24.6 Å². The van der Waals surface area contributed by atoms with Crippen molar-refractivity contribution in [2.24, 2.45) is 0 Å². The maximum absolute atomic E-state index is 10.3. The molecule has 1 aromatic carbocycles. The van der Waals surface area contributed by atoms with Crippen LogP contribution in [0.25, 0.3) is 10.9 Å². The number of carbonyl (C=O) groups is 1. The molecule has 0 bridgehead atoms. The summed E-state index contributed by atoms with van der Waals surface area (Å²) in [5, 5.41) is 15.0. The van der Waals surface area contributed by atoms with Gasteiger partial charge in [-0.25, -0.2) is 9.78 Å². The predicted molar refractivity (Wildman–Crippen MR) is 83.0 cm³/mol. The number of aromatic nitrogens is 1. The molecule has 5 N–H and O–H groups in total. The largest absolute Gasteiger partial charge is 0.465 e. The minimum Gasteiger partial charge on any atom is -0.465 e. The highest BCUT2D eigenvalue weighted by Crippen LogP contribution is 2.26. The van der Waals surface area contributed by atoms with Gasteiger partial charge in [-0.1, -0.05) is 15.9 Å². The first kappa shape index (κ1) is 14.4. The first-order valence-corrected chi connectivity index (χ1v) is 6.92. The average molecular weight is 339 g/mol. The van der Waals surface area contributed by atoms with Gasteiger partial charge in [0.15, 0.2) is 0 Å². The molecule has 0 spiro atoms. The van der Waals surface area contributed by atoms with Gasteiger partial charge in [0.05, 0.1) is 5.52 Å². The van der Waals surface area contributed by atoms with Crippen LogP contribution in [0.3, 0.4) is 0 Å². The quantitative estimate of drug-likeness (QED) is 0.628. The monoisotopic (exact) mass is 338 g/mol. The Morgan fingerprint density at radius 2 is 2.15 bits per heavy atom. The van der Waals surface area contributed by atoms with Crippen LogP contribution >= 0.6 is 15.9 Å². The van der Waals surface area contributed by atoms with Crippen molar-refractivity contribution in [2.45, 2.75) is 6.42 Å². The van der Waals surface area contributed by atoms with E-state index in [9.17, 15) is 4.79 Å². The number of halogens is 1. The standard InChI is InChI=1S/C13H15BrN4O2/c14-8-2-3-9-10(7-12(15)18-11(9)6-8)16-4-1-5-17-13(19)20/h2-3,6-7,17H,1,4-5H2,(H,19,20)(H3,15,16,18). The molecule has 0 saturated carbocycles. The number of nitrogens with two attached hydrogens (primary N) is 1. The lowest BCUT2D eigenvalue weighted by Crippen LogP contribution is -2.23. The van der Waals surface area contributed by atoms with Crippen molar-refractivity contribution < 1.29 is 9.90 Å². The van der Waals surface area contributed by atoms with Crippen LogP contribution in [0.2, 0.25) is 0 Å². The van der Waals surface area contributed by atoms with E-state index in [-0.39, 0.29) is 0 Å². The van der Waals surface area contributed by atoms with E-state index < -0.39 is 6.09 Å². The molecule has 7 heteroatoms. The number of benzene rings is 1. The summed E-state index contributed by atoms with van der Waals surface area (Å²) in [5.74, 6) is 0.446. The lowest BCUT2D eigenvalue weighted by Gasteiger charge is -2.11. The molecule has 1 aromatic heterocycles. The lowest BCUT2D eigenvalue weighted by molar-refractivity contribution is 0.194. The van der Waals surface area contributed by atoms with Gasteiger partial charge >= 0.3 is 6.09 Å². The molecule has 0 saturated heterocycles. The number of fused-ring (bicyclic) bond motifs is 1. The van der Waals surface area contributed by atoms with Gasteiger partial charge in [-0.2, -0.15) is 0 Å². The number of nitrogens with zero attached hydrogens (tertiary/aromatic N) is 1. The second-order valence-corrected chi connectivity index (χ2v) is 5.18. The number of rotatable bonds is 5. The number of nitrogens with one attached hydrogen (secondary N) is 2. The first-order chi connectivity index (χ1) is 9.56. The highest BCUT2D eigenvalue weighted by atomic mass is 79.9.